The largest absolute Gasteiger partial charge is 0.384 e. The van der Waals surface area contributed by atoms with Crippen LogP contribution in [-0.2, 0) is 6.42 Å². The van der Waals surface area contributed by atoms with Gasteiger partial charge in [-0.3, -0.25) is 0 Å². The van der Waals surface area contributed by atoms with Gasteiger partial charge in [0, 0.05) is 10.0 Å². The summed E-state index contributed by atoms with van der Waals surface area (Å²) in [6.07, 6.45) is 0.284. The molecule has 0 spiro atoms. The highest BCUT2D eigenvalue weighted by Crippen LogP contribution is 2.27. The number of aliphatic hydroxyl groups is 1. The SMILES string of the molecule is CCc1ccc(C(O)c2cc(Cl)cc(Cl)c2)cc1. The molecule has 0 saturated carbocycles. The van der Waals surface area contributed by atoms with E-state index in [0.717, 1.165) is 12.0 Å². The van der Waals surface area contributed by atoms with E-state index in [-0.39, 0.29) is 0 Å². The molecule has 1 atom stereocenters. The van der Waals surface area contributed by atoms with Crippen molar-refractivity contribution in [3.63, 3.8) is 0 Å². The Balaban J connectivity index is 2.31. The summed E-state index contributed by atoms with van der Waals surface area (Å²) in [5.74, 6) is 0. The summed E-state index contributed by atoms with van der Waals surface area (Å²) in [4.78, 5) is 0. The van der Waals surface area contributed by atoms with E-state index in [4.69, 9.17) is 23.2 Å². The predicted octanol–water partition coefficient (Wildman–Crippen LogP) is 4.64. The fraction of sp³-hybridized carbons (Fsp3) is 0.200. The normalized spacial score (nSPS) is 12.4. The van der Waals surface area contributed by atoms with Gasteiger partial charge in [0.05, 0.1) is 0 Å². The van der Waals surface area contributed by atoms with Crippen molar-refractivity contribution in [1.29, 1.82) is 0 Å². The molecule has 18 heavy (non-hydrogen) atoms. The van der Waals surface area contributed by atoms with Crippen LogP contribution in [0.2, 0.25) is 10.0 Å². The first-order chi connectivity index (χ1) is 8.60. The molecule has 1 unspecified atom stereocenters. The second kappa shape index (κ2) is 5.75. The molecule has 0 aromatic heterocycles. The highest BCUT2D eigenvalue weighted by Gasteiger charge is 2.11. The van der Waals surface area contributed by atoms with Crippen LogP contribution in [0.25, 0.3) is 0 Å². The lowest BCUT2D eigenvalue weighted by Crippen LogP contribution is -1.99. The molecule has 0 amide bonds. The van der Waals surface area contributed by atoms with Gasteiger partial charge in [0.25, 0.3) is 0 Å². The minimum atomic E-state index is -0.702. The Morgan fingerprint density at radius 3 is 2.00 bits per heavy atom. The number of aliphatic hydroxyl groups excluding tert-OH is 1. The molecule has 0 heterocycles. The van der Waals surface area contributed by atoms with Crippen LogP contribution in [0.5, 0.6) is 0 Å². The molecule has 0 fully saturated rings. The fourth-order valence-corrected chi connectivity index (χ4v) is 2.40. The van der Waals surface area contributed by atoms with Crippen molar-refractivity contribution >= 4 is 23.2 Å². The number of halogens is 2. The molecular weight excluding hydrogens is 267 g/mol. The summed E-state index contributed by atoms with van der Waals surface area (Å²) in [7, 11) is 0. The lowest BCUT2D eigenvalue weighted by atomic mass is 10.00. The van der Waals surface area contributed by atoms with Crippen LogP contribution in [-0.4, -0.2) is 5.11 Å². The van der Waals surface area contributed by atoms with Crippen molar-refractivity contribution in [2.75, 3.05) is 0 Å². The molecule has 1 nitrogen and oxygen atoms in total. The lowest BCUT2D eigenvalue weighted by Gasteiger charge is -2.13. The summed E-state index contributed by atoms with van der Waals surface area (Å²) < 4.78 is 0. The summed E-state index contributed by atoms with van der Waals surface area (Å²) in [5.41, 5.74) is 2.79. The van der Waals surface area contributed by atoms with Gasteiger partial charge in [-0.1, -0.05) is 54.4 Å². The first-order valence-electron chi connectivity index (χ1n) is 5.83. The first kappa shape index (κ1) is 13.4. The summed E-state index contributed by atoms with van der Waals surface area (Å²) in [6, 6.07) is 13.0. The molecular formula is C15H14Cl2O. The number of rotatable bonds is 3. The Morgan fingerprint density at radius 1 is 0.944 bits per heavy atom. The van der Waals surface area contributed by atoms with E-state index in [1.54, 1.807) is 18.2 Å². The molecule has 2 rings (SSSR count). The highest BCUT2D eigenvalue weighted by molar-refractivity contribution is 6.34. The average molecular weight is 281 g/mol. The van der Waals surface area contributed by atoms with Crippen LogP contribution < -0.4 is 0 Å². The van der Waals surface area contributed by atoms with Crippen LogP contribution in [0.3, 0.4) is 0 Å². The van der Waals surface area contributed by atoms with Gasteiger partial charge in [0.1, 0.15) is 6.10 Å². The van der Waals surface area contributed by atoms with E-state index < -0.39 is 6.10 Å². The maximum atomic E-state index is 10.3. The van der Waals surface area contributed by atoms with E-state index >= 15 is 0 Å². The van der Waals surface area contributed by atoms with Crippen molar-refractivity contribution < 1.29 is 5.11 Å². The fourth-order valence-electron chi connectivity index (χ4n) is 1.86. The van der Waals surface area contributed by atoms with Crippen LogP contribution >= 0.6 is 23.2 Å². The molecule has 0 saturated heterocycles. The second-order valence-corrected chi connectivity index (χ2v) is 5.07. The molecule has 94 valence electrons. The molecule has 0 aliphatic carbocycles. The van der Waals surface area contributed by atoms with Gasteiger partial charge in [0.15, 0.2) is 0 Å². The number of benzene rings is 2. The Morgan fingerprint density at radius 2 is 1.50 bits per heavy atom. The topological polar surface area (TPSA) is 20.2 Å². The minimum Gasteiger partial charge on any atom is -0.384 e. The van der Waals surface area contributed by atoms with Crippen LogP contribution in [0.4, 0.5) is 0 Å². The third-order valence-corrected chi connectivity index (χ3v) is 3.34. The van der Waals surface area contributed by atoms with Gasteiger partial charge in [-0.25, -0.2) is 0 Å². The second-order valence-electron chi connectivity index (χ2n) is 4.20. The maximum Gasteiger partial charge on any atom is 0.104 e. The lowest BCUT2D eigenvalue weighted by molar-refractivity contribution is 0.220. The molecule has 0 bridgehead atoms. The molecule has 0 radical (unpaired) electrons. The summed E-state index contributed by atoms with van der Waals surface area (Å²) in [5, 5.41) is 11.3. The van der Waals surface area contributed by atoms with Crippen molar-refractivity contribution in [3.05, 3.63) is 69.2 Å². The molecule has 0 aliphatic rings. The smallest absolute Gasteiger partial charge is 0.104 e. The van der Waals surface area contributed by atoms with Crippen LogP contribution in [0.15, 0.2) is 42.5 Å². The van der Waals surface area contributed by atoms with Crippen molar-refractivity contribution in [2.45, 2.75) is 19.4 Å². The third-order valence-electron chi connectivity index (χ3n) is 2.90. The monoisotopic (exact) mass is 280 g/mol. The maximum absolute atomic E-state index is 10.3. The number of hydrogen-bond acceptors (Lipinski definition) is 1. The van der Waals surface area contributed by atoms with Gasteiger partial charge >= 0.3 is 0 Å². The van der Waals surface area contributed by atoms with E-state index in [1.807, 2.05) is 24.3 Å². The Labute approximate surface area is 117 Å². The van der Waals surface area contributed by atoms with E-state index in [9.17, 15) is 5.11 Å². The van der Waals surface area contributed by atoms with Crippen LogP contribution in [0, 0.1) is 0 Å². The highest BCUT2D eigenvalue weighted by atomic mass is 35.5. The third kappa shape index (κ3) is 3.05. The molecule has 3 heteroatoms. The van der Waals surface area contributed by atoms with Gasteiger partial charge < -0.3 is 5.11 Å². The van der Waals surface area contributed by atoms with E-state index in [1.165, 1.54) is 5.56 Å². The number of aryl methyl sites for hydroxylation is 1. The summed E-state index contributed by atoms with van der Waals surface area (Å²) >= 11 is 11.9. The number of hydrogen-bond donors (Lipinski definition) is 1. The summed E-state index contributed by atoms with van der Waals surface area (Å²) in [6.45, 7) is 2.10. The minimum absolute atomic E-state index is 0.529. The van der Waals surface area contributed by atoms with Gasteiger partial charge in [-0.15, -0.1) is 0 Å². The Kier molecular flexibility index (Phi) is 4.28. The van der Waals surface area contributed by atoms with Crippen LogP contribution in [0.1, 0.15) is 29.7 Å². The zero-order valence-corrected chi connectivity index (χ0v) is 11.5. The zero-order valence-electron chi connectivity index (χ0n) is 10.0. The average Bonchev–Trinajstić information content (AvgIpc) is 2.37. The molecule has 0 aliphatic heterocycles. The van der Waals surface area contributed by atoms with Crippen molar-refractivity contribution in [2.24, 2.45) is 0 Å². The van der Waals surface area contributed by atoms with Crippen molar-refractivity contribution in [1.82, 2.24) is 0 Å². The Bertz CT molecular complexity index is 514. The van der Waals surface area contributed by atoms with Crippen molar-refractivity contribution in [3.8, 4) is 0 Å². The molecule has 2 aromatic carbocycles. The standard InChI is InChI=1S/C15H14Cl2O/c1-2-10-3-5-11(6-4-10)15(18)12-7-13(16)9-14(17)8-12/h3-9,15,18H,2H2,1H3. The molecule has 1 N–H and O–H groups in total. The van der Waals surface area contributed by atoms with Gasteiger partial charge in [-0.05, 0) is 41.3 Å². The zero-order chi connectivity index (χ0) is 13.1. The quantitative estimate of drug-likeness (QED) is 0.869. The van der Waals surface area contributed by atoms with Gasteiger partial charge in [-0.2, -0.15) is 0 Å². The van der Waals surface area contributed by atoms with E-state index in [2.05, 4.69) is 6.92 Å². The predicted molar refractivity (Wildman–Crippen MR) is 76.3 cm³/mol. The first-order valence-corrected chi connectivity index (χ1v) is 6.58. The van der Waals surface area contributed by atoms with Gasteiger partial charge in [0.2, 0.25) is 0 Å². The molecule has 2 aromatic rings. The van der Waals surface area contributed by atoms with E-state index in [0.29, 0.717) is 15.6 Å². The Hall–Kier alpha value is -1.02.